The molecule has 0 aromatic heterocycles. The minimum absolute atomic E-state index is 0.250. The Morgan fingerprint density at radius 2 is 0.854 bits per heavy atom. The van der Waals surface area contributed by atoms with Crippen LogP contribution in [0.15, 0.2) is 24.3 Å². The molecule has 41 heavy (non-hydrogen) atoms. The number of hydrogen-bond acceptors (Lipinski definition) is 1. The highest BCUT2D eigenvalue weighted by Gasteiger charge is 2.35. The van der Waals surface area contributed by atoms with Crippen LogP contribution >= 0.6 is 0 Å². The Morgan fingerprint density at radius 3 is 1.32 bits per heavy atom. The summed E-state index contributed by atoms with van der Waals surface area (Å²) in [6.45, 7) is 0. The van der Waals surface area contributed by atoms with Crippen LogP contribution in [-0.4, -0.2) is 7.11 Å². The molecule has 0 aliphatic rings. The summed E-state index contributed by atoms with van der Waals surface area (Å²) in [5, 5.41) is -5.70. The quantitative estimate of drug-likeness (QED) is 0.0877. The van der Waals surface area contributed by atoms with Crippen molar-refractivity contribution in [3.05, 3.63) is 99.9 Å². The molecule has 0 heterocycles. The number of benzene rings is 5. The molecule has 0 atom stereocenters. The van der Waals surface area contributed by atoms with Gasteiger partial charge in [0.05, 0.1) is 18.2 Å². The van der Waals surface area contributed by atoms with E-state index >= 15 is 17.6 Å². The highest BCUT2D eigenvalue weighted by Crippen LogP contribution is 2.50. The lowest BCUT2D eigenvalue weighted by Gasteiger charge is -2.21. The smallest absolute Gasteiger partial charge is 0.204 e. The maximum atomic E-state index is 15.4. The minimum atomic E-state index is -2.68. The van der Waals surface area contributed by atoms with Gasteiger partial charge < -0.3 is 4.74 Å². The van der Waals surface area contributed by atoms with Gasteiger partial charge in [0.1, 0.15) is 5.82 Å². The van der Waals surface area contributed by atoms with Crippen LogP contribution in [0, 0.1) is 75.6 Å². The number of halogens is 13. The summed E-state index contributed by atoms with van der Waals surface area (Å²) < 4.78 is 196. The highest BCUT2D eigenvalue weighted by atomic mass is 19.2. The first-order valence-corrected chi connectivity index (χ1v) is 10.9. The van der Waals surface area contributed by atoms with Crippen LogP contribution in [0.4, 0.5) is 57.1 Å². The van der Waals surface area contributed by atoms with E-state index in [9.17, 15) is 39.5 Å². The Labute approximate surface area is 219 Å². The molecule has 0 saturated carbocycles. The summed E-state index contributed by atoms with van der Waals surface area (Å²) in [6.07, 6.45) is 0. The molecule has 0 saturated heterocycles. The topological polar surface area (TPSA) is 9.23 Å². The van der Waals surface area contributed by atoms with Crippen LogP contribution in [-0.2, 0) is 0 Å². The van der Waals surface area contributed by atoms with Crippen molar-refractivity contribution in [2.24, 2.45) is 0 Å². The van der Waals surface area contributed by atoms with Crippen molar-refractivity contribution < 1.29 is 61.8 Å². The van der Waals surface area contributed by atoms with Crippen molar-refractivity contribution in [2.45, 2.75) is 0 Å². The standard InChI is InChI=1S/C27H7F13O/c1-41-27-25(39)21(35)16(22(36)26(27)40)11-7-3-2-6(28)4-8(7)12(15-17(31)9(29)5-10(30)18(15)32)14-13(11)19(33)23(37)24(38)20(14)34/h2-5H,1H3. The molecule has 5 aromatic rings. The fourth-order valence-corrected chi connectivity index (χ4v) is 4.63. The Morgan fingerprint density at radius 1 is 0.415 bits per heavy atom. The fourth-order valence-electron chi connectivity index (χ4n) is 4.63. The monoisotopic (exact) mass is 594 g/mol. The van der Waals surface area contributed by atoms with Crippen LogP contribution in [0.3, 0.4) is 0 Å². The minimum Gasteiger partial charge on any atom is -0.491 e. The van der Waals surface area contributed by atoms with Gasteiger partial charge in [-0.3, -0.25) is 0 Å². The van der Waals surface area contributed by atoms with Crippen LogP contribution in [0.1, 0.15) is 0 Å². The van der Waals surface area contributed by atoms with E-state index in [1.807, 2.05) is 0 Å². The Bertz CT molecular complexity index is 1910. The lowest BCUT2D eigenvalue weighted by atomic mass is 9.84. The molecule has 0 fully saturated rings. The van der Waals surface area contributed by atoms with Gasteiger partial charge in [-0.1, -0.05) is 6.07 Å². The molecule has 212 valence electrons. The Kier molecular flexibility index (Phi) is 6.54. The van der Waals surface area contributed by atoms with E-state index in [2.05, 4.69) is 4.74 Å². The molecule has 0 spiro atoms. The molecule has 1 nitrogen and oxygen atoms in total. The Hall–Kier alpha value is -4.49. The van der Waals surface area contributed by atoms with E-state index in [0.29, 0.717) is 19.2 Å². The molecule has 5 aromatic carbocycles. The van der Waals surface area contributed by atoms with Crippen LogP contribution in [0.2, 0.25) is 0 Å². The van der Waals surface area contributed by atoms with Crippen LogP contribution in [0.25, 0.3) is 43.8 Å². The predicted octanol–water partition coefficient (Wildman–Crippen LogP) is 9.14. The third kappa shape index (κ3) is 3.79. The summed E-state index contributed by atoms with van der Waals surface area (Å²) in [6, 6.07) is 0.921. The largest absolute Gasteiger partial charge is 0.491 e. The van der Waals surface area contributed by atoms with Gasteiger partial charge >= 0.3 is 0 Å². The van der Waals surface area contributed by atoms with Crippen molar-refractivity contribution in [3.63, 3.8) is 0 Å². The SMILES string of the molecule is COc1c(F)c(F)c(-c2c3ccc(F)cc3c(-c3c(F)c(F)cc(F)c3F)c3c(F)c(F)c(F)c(F)c23)c(F)c1F. The highest BCUT2D eigenvalue weighted by molar-refractivity contribution is 6.22. The summed E-state index contributed by atoms with van der Waals surface area (Å²) >= 11 is 0. The van der Waals surface area contributed by atoms with Gasteiger partial charge in [-0.25, -0.2) is 48.3 Å². The van der Waals surface area contributed by atoms with Gasteiger partial charge in [0.25, 0.3) is 0 Å². The molecule has 0 aliphatic heterocycles. The van der Waals surface area contributed by atoms with Crippen molar-refractivity contribution in [3.8, 4) is 28.0 Å². The lowest BCUT2D eigenvalue weighted by Crippen LogP contribution is -2.08. The number of fused-ring (bicyclic) bond motifs is 2. The number of hydrogen-bond donors (Lipinski definition) is 0. The number of methoxy groups -OCH3 is 1. The Balaban J connectivity index is 2.22. The third-order valence-corrected chi connectivity index (χ3v) is 6.33. The zero-order valence-corrected chi connectivity index (χ0v) is 19.6. The molecule has 14 heteroatoms. The van der Waals surface area contributed by atoms with Gasteiger partial charge in [0.15, 0.2) is 63.9 Å². The zero-order valence-electron chi connectivity index (χ0n) is 19.6. The number of rotatable bonds is 3. The first kappa shape index (κ1) is 28.1. The third-order valence-electron chi connectivity index (χ3n) is 6.33. The molecular weight excluding hydrogens is 587 g/mol. The van der Waals surface area contributed by atoms with E-state index < -0.39 is 125 Å². The van der Waals surface area contributed by atoms with Crippen molar-refractivity contribution >= 4 is 21.5 Å². The summed E-state index contributed by atoms with van der Waals surface area (Å²) in [5.41, 5.74) is -6.78. The van der Waals surface area contributed by atoms with E-state index in [0.717, 1.165) is 0 Å². The molecule has 0 bridgehead atoms. The average molecular weight is 594 g/mol. The molecule has 0 radical (unpaired) electrons. The molecule has 0 aliphatic carbocycles. The molecule has 0 N–H and O–H groups in total. The predicted molar refractivity (Wildman–Crippen MR) is 118 cm³/mol. The van der Waals surface area contributed by atoms with Crippen molar-refractivity contribution in [1.29, 1.82) is 0 Å². The normalized spacial score (nSPS) is 11.7. The zero-order chi connectivity index (χ0) is 30.2. The van der Waals surface area contributed by atoms with Crippen LogP contribution in [0.5, 0.6) is 5.75 Å². The number of ether oxygens (including phenoxy) is 1. The van der Waals surface area contributed by atoms with Gasteiger partial charge in [0, 0.05) is 28.0 Å². The average Bonchev–Trinajstić information content (AvgIpc) is 2.93. The lowest BCUT2D eigenvalue weighted by molar-refractivity contribution is 0.334. The van der Waals surface area contributed by atoms with Gasteiger partial charge in [-0.05, 0) is 22.9 Å². The van der Waals surface area contributed by atoms with E-state index in [4.69, 9.17) is 0 Å². The second-order valence-corrected chi connectivity index (χ2v) is 8.45. The molecule has 0 unspecified atom stereocenters. The van der Waals surface area contributed by atoms with Gasteiger partial charge in [-0.15, -0.1) is 0 Å². The first-order valence-electron chi connectivity index (χ1n) is 10.9. The molecule has 0 amide bonds. The second kappa shape index (κ2) is 9.56. The summed E-state index contributed by atoms with van der Waals surface area (Å²) in [4.78, 5) is 0. The maximum Gasteiger partial charge on any atom is 0.204 e. The van der Waals surface area contributed by atoms with E-state index in [1.165, 1.54) is 0 Å². The van der Waals surface area contributed by atoms with Crippen molar-refractivity contribution in [2.75, 3.05) is 7.11 Å². The summed E-state index contributed by atoms with van der Waals surface area (Å²) in [5.74, 6) is -31.4. The van der Waals surface area contributed by atoms with Gasteiger partial charge in [-0.2, -0.15) is 8.78 Å². The molecule has 5 rings (SSSR count). The maximum absolute atomic E-state index is 15.4. The van der Waals surface area contributed by atoms with E-state index in [1.54, 1.807) is 0 Å². The second-order valence-electron chi connectivity index (χ2n) is 8.45. The van der Waals surface area contributed by atoms with E-state index in [-0.39, 0.29) is 12.1 Å². The molecular formula is C27H7F13O. The summed E-state index contributed by atoms with van der Waals surface area (Å²) in [7, 11) is 0.608. The van der Waals surface area contributed by atoms with Crippen molar-refractivity contribution in [1.82, 2.24) is 0 Å². The van der Waals surface area contributed by atoms with Gasteiger partial charge in [0.2, 0.25) is 11.6 Å². The van der Waals surface area contributed by atoms with Crippen LogP contribution < -0.4 is 4.74 Å². The first-order chi connectivity index (χ1) is 19.2. The fraction of sp³-hybridized carbons (Fsp3) is 0.0370.